The topological polar surface area (TPSA) is 105 Å². The molecule has 41 heavy (non-hydrogen) atoms. The average Bonchev–Trinajstić information content (AvgIpc) is 3.03. The van der Waals surface area contributed by atoms with Crippen LogP contribution < -0.4 is 25.4 Å². The number of nitrogens with zero attached hydrogens (tertiary/aromatic N) is 4. The molecule has 0 amide bonds. The van der Waals surface area contributed by atoms with E-state index in [1.165, 1.54) is 0 Å². The van der Waals surface area contributed by atoms with Crippen molar-refractivity contribution >= 4 is 17.3 Å². The second-order valence-corrected chi connectivity index (χ2v) is 10.4. The summed E-state index contributed by atoms with van der Waals surface area (Å²) in [4.78, 5) is 29.2. The van der Waals surface area contributed by atoms with Gasteiger partial charge in [0, 0.05) is 67.4 Å². The largest absolute Gasteiger partial charge is 0.456 e. The van der Waals surface area contributed by atoms with Crippen molar-refractivity contribution in [1.29, 1.82) is 0 Å². The lowest BCUT2D eigenvalue weighted by Crippen LogP contribution is -2.37. The molecule has 0 unspecified atom stereocenters. The van der Waals surface area contributed by atoms with Gasteiger partial charge in [-0.1, -0.05) is 12.1 Å². The molecule has 3 aliphatic heterocycles. The minimum Gasteiger partial charge on any atom is -0.456 e. The number of morpholine rings is 2. The molecule has 7 rings (SSSR count). The SMILES string of the molecule is O=c1cc(N2CCOCC2)cc(-c2cccc3c2Oc2ccc(NCc4ccnc(N5CCOCC5)n4)cc2C3)[nH]1. The number of aromatic nitrogens is 3. The van der Waals surface area contributed by atoms with Gasteiger partial charge in [0.1, 0.15) is 11.5 Å². The summed E-state index contributed by atoms with van der Waals surface area (Å²) < 4.78 is 17.4. The highest BCUT2D eigenvalue weighted by atomic mass is 16.5. The van der Waals surface area contributed by atoms with Crippen LogP contribution >= 0.6 is 0 Å². The van der Waals surface area contributed by atoms with Crippen LogP contribution in [0.5, 0.6) is 11.5 Å². The van der Waals surface area contributed by atoms with Crippen LogP contribution in [0.1, 0.15) is 16.8 Å². The number of hydrogen-bond donors (Lipinski definition) is 2. The number of anilines is 3. The normalized spacial score (nSPS) is 16.5. The highest BCUT2D eigenvalue weighted by Gasteiger charge is 2.22. The van der Waals surface area contributed by atoms with Gasteiger partial charge in [-0.3, -0.25) is 4.79 Å². The number of benzene rings is 2. The molecule has 5 heterocycles. The first kappa shape index (κ1) is 25.6. The Balaban J connectivity index is 1.09. The summed E-state index contributed by atoms with van der Waals surface area (Å²) in [6.45, 7) is 6.46. The summed E-state index contributed by atoms with van der Waals surface area (Å²) in [5.41, 5.74) is 6.51. The smallest absolute Gasteiger partial charge is 0.250 e. The predicted octanol–water partition coefficient (Wildman–Crippen LogP) is 3.81. The molecule has 2 saturated heterocycles. The van der Waals surface area contributed by atoms with Crippen LogP contribution in [0.15, 0.2) is 65.6 Å². The van der Waals surface area contributed by atoms with E-state index in [1.807, 2.05) is 42.6 Å². The maximum Gasteiger partial charge on any atom is 0.250 e. The Hall–Kier alpha value is -4.41. The van der Waals surface area contributed by atoms with Gasteiger partial charge in [-0.05, 0) is 42.0 Å². The number of pyridine rings is 1. The summed E-state index contributed by atoms with van der Waals surface area (Å²) in [6, 6.07) is 17.9. The average molecular weight is 553 g/mol. The Kier molecular flexibility index (Phi) is 7.00. The van der Waals surface area contributed by atoms with E-state index in [4.69, 9.17) is 19.2 Å². The number of hydrogen-bond acceptors (Lipinski definition) is 9. The van der Waals surface area contributed by atoms with Crippen LogP contribution in [0, 0.1) is 0 Å². The molecule has 0 saturated carbocycles. The van der Waals surface area contributed by atoms with Crippen molar-refractivity contribution in [3.05, 3.63) is 88.0 Å². The minimum absolute atomic E-state index is 0.130. The third-order valence-corrected chi connectivity index (χ3v) is 7.71. The summed E-state index contributed by atoms with van der Waals surface area (Å²) in [5.74, 6) is 2.35. The van der Waals surface area contributed by atoms with Gasteiger partial charge in [0.2, 0.25) is 11.5 Å². The highest BCUT2D eigenvalue weighted by Crippen LogP contribution is 2.43. The van der Waals surface area contributed by atoms with Crippen molar-refractivity contribution in [3.63, 3.8) is 0 Å². The van der Waals surface area contributed by atoms with E-state index >= 15 is 0 Å². The van der Waals surface area contributed by atoms with Crippen molar-refractivity contribution < 1.29 is 14.2 Å². The fraction of sp³-hybridized carbons (Fsp3) is 0.323. The number of ether oxygens (including phenoxy) is 3. The fourth-order valence-electron chi connectivity index (χ4n) is 5.57. The molecule has 2 fully saturated rings. The maximum absolute atomic E-state index is 12.6. The van der Waals surface area contributed by atoms with Gasteiger partial charge in [0.25, 0.3) is 0 Å². The van der Waals surface area contributed by atoms with Crippen LogP contribution in [-0.4, -0.2) is 67.6 Å². The van der Waals surface area contributed by atoms with E-state index in [1.54, 1.807) is 6.07 Å². The van der Waals surface area contributed by atoms with Crippen LogP contribution in [0.3, 0.4) is 0 Å². The second-order valence-electron chi connectivity index (χ2n) is 10.4. The van der Waals surface area contributed by atoms with Crippen molar-refractivity contribution in [2.45, 2.75) is 13.0 Å². The Bertz CT molecular complexity index is 1610. The molecule has 10 heteroatoms. The third-order valence-electron chi connectivity index (χ3n) is 7.71. The Labute approximate surface area is 237 Å². The molecule has 4 aromatic rings. The molecule has 0 radical (unpaired) electrons. The molecule has 0 aliphatic carbocycles. The number of fused-ring (bicyclic) bond motifs is 2. The lowest BCUT2D eigenvalue weighted by Gasteiger charge is -2.29. The van der Waals surface area contributed by atoms with Crippen molar-refractivity contribution in [1.82, 2.24) is 15.0 Å². The zero-order valence-electron chi connectivity index (χ0n) is 22.8. The highest BCUT2D eigenvalue weighted by molar-refractivity contribution is 5.74. The molecule has 0 atom stereocenters. The molecular formula is C31H32N6O4. The van der Waals surface area contributed by atoms with E-state index < -0.39 is 0 Å². The monoisotopic (exact) mass is 552 g/mol. The Morgan fingerprint density at radius 3 is 2.51 bits per heavy atom. The summed E-state index contributed by atoms with van der Waals surface area (Å²) >= 11 is 0. The zero-order valence-corrected chi connectivity index (χ0v) is 22.8. The molecule has 210 valence electrons. The van der Waals surface area contributed by atoms with Crippen molar-refractivity contribution in [2.75, 3.05) is 67.7 Å². The van der Waals surface area contributed by atoms with Gasteiger partial charge in [0.15, 0.2) is 0 Å². The molecule has 2 aromatic carbocycles. The summed E-state index contributed by atoms with van der Waals surface area (Å²) in [7, 11) is 0. The predicted molar refractivity (Wildman–Crippen MR) is 157 cm³/mol. The fourth-order valence-corrected chi connectivity index (χ4v) is 5.57. The minimum atomic E-state index is -0.130. The molecule has 2 aromatic heterocycles. The number of para-hydroxylation sites is 1. The molecule has 10 nitrogen and oxygen atoms in total. The van der Waals surface area contributed by atoms with Gasteiger partial charge >= 0.3 is 0 Å². The number of nitrogens with one attached hydrogen (secondary N) is 2. The molecule has 0 bridgehead atoms. The van der Waals surface area contributed by atoms with E-state index in [0.29, 0.717) is 33.0 Å². The van der Waals surface area contributed by atoms with Gasteiger partial charge in [-0.2, -0.15) is 0 Å². The standard InChI is InChI=1S/C31H32N6O4/c38-29-19-25(36-8-12-39-13-9-36)18-27(35-29)26-3-1-2-21-16-22-17-23(4-5-28(22)41-30(21)26)33-20-24-6-7-32-31(34-24)37-10-14-40-15-11-37/h1-7,17-19,33H,8-16,20H2,(H,35,38). The zero-order chi connectivity index (χ0) is 27.6. The van der Waals surface area contributed by atoms with Crippen molar-refractivity contribution in [3.8, 4) is 22.8 Å². The lowest BCUT2D eigenvalue weighted by molar-refractivity contribution is 0.122. The summed E-state index contributed by atoms with van der Waals surface area (Å²) in [6.07, 6.45) is 2.55. The molecule has 0 spiro atoms. The third kappa shape index (κ3) is 5.48. The van der Waals surface area contributed by atoms with Crippen molar-refractivity contribution in [2.24, 2.45) is 0 Å². The second kappa shape index (κ2) is 11.2. The molecular weight excluding hydrogens is 520 g/mol. The quantitative estimate of drug-likeness (QED) is 0.325. The van der Waals surface area contributed by atoms with E-state index in [2.05, 4.69) is 37.2 Å². The first-order valence-electron chi connectivity index (χ1n) is 14.1. The maximum atomic E-state index is 12.6. The molecule has 3 aliphatic rings. The van der Waals surface area contributed by atoms with Crippen LogP contribution in [0.4, 0.5) is 17.3 Å². The van der Waals surface area contributed by atoms with Gasteiger partial charge in [-0.15, -0.1) is 0 Å². The first-order valence-corrected chi connectivity index (χ1v) is 14.1. The number of H-pyrrole nitrogens is 1. The van der Waals surface area contributed by atoms with Gasteiger partial charge in [-0.25, -0.2) is 9.97 Å². The first-order chi connectivity index (χ1) is 20.2. The van der Waals surface area contributed by atoms with E-state index in [9.17, 15) is 4.79 Å². The lowest BCUT2D eigenvalue weighted by atomic mass is 9.96. The number of rotatable bonds is 6. The van der Waals surface area contributed by atoms with Gasteiger partial charge in [0.05, 0.1) is 44.4 Å². The number of aromatic amines is 1. The Morgan fingerprint density at radius 2 is 1.68 bits per heavy atom. The van der Waals surface area contributed by atoms with Gasteiger partial charge < -0.3 is 34.3 Å². The molecule has 2 N–H and O–H groups in total. The van der Waals surface area contributed by atoms with Crippen LogP contribution in [0.2, 0.25) is 0 Å². The van der Waals surface area contributed by atoms with E-state index in [-0.39, 0.29) is 5.56 Å². The van der Waals surface area contributed by atoms with Crippen LogP contribution in [0.25, 0.3) is 11.3 Å². The Morgan fingerprint density at radius 1 is 0.878 bits per heavy atom. The summed E-state index contributed by atoms with van der Waals surface area (Å²) in [5, 5.41) is 3.50. The van der Waals surface area contributed by atoms with Crippen LogP contribution in [-0.2, 0) is 22.4 Å². The van der Waals surface area contributed by atoms with E-state index in [0.717, 1.165) is 89.5 Å².